The SMILES string of the molecule is CCc1nc(-c2ccc(OC3CCN(S(=O)(=O)c4c(C)noc4C)C3)cc2)no1. The van der Waals surface area contributed by atoms with Gasteiger partial charge in [0.1, 0.15) is 22.4 Å². The van der Waals surface area contributed by atoms with Crippen LogP contribution in [-0.2, 0) is 16.4 Å². The predicted molar refractivity (Wildman–Crippen MR) is 103 cm³/mol. The van der Waals surface area contributed by atoms with E-state index in [4.69, 9.17) is 13.8 Å². The number of nitrogens with zero attached hydrogens (tertiary/aromatic N) is 4. The smallest absolute Gasteiger partial charge is 0.248 e. The normalized spacial score (nSPS) is 17.7. The second kappa shape index (κ2) is 7.60. The largest absolute Gasteiger partial charge is 0.489 e. The topological polar surface area (TPSA) is 112 Å². The molecule has 29 heavy (non-hydrogen) atoms. The lowest BCUT2D eigenvalue weighted by atomic mass is 10.2. The summed E-state index contributed by atoms with van der Waals surface area (Å²) in [6, 6.07) is 7.35. The predicted octanol–water partition coefficient (Wildman–Crippen LogP) is 2.75. The first-order valence-corrected chi connectivity index (χ1v) is 10.8. The number of ether oxygens (including phenoxy) is 1. The van der Waals surface area contributed by atoms with E-state index in [1.54, 1.807) is 13.8 Å². The van der Waals surface area contributed by atoms with Gasteiger partial charge in [-0.15, -0.1) is 0 Å². The van der Waals surface area contributed by atoms with Crippen molar-refractivity contribution in [2.75, 3.05) is 13.1 Å². The van der Waals surface area contributed by atoms with Gasteiger partial charge in [0.25, 0.3) is 0 Å². The van der Waals surface area contributed by atoms with E-state index < -0.39 is 10.0 Å². The van der Waals surface area contributed by atoms with Crippen molar-refractivity contribution in [1.29, 1.82) is 0 Å². The zero-order valence-electron chi connectivity index (χ0n) is 16.5. The van der Waals surface area contributed by atoms with Crippen LogP contribution >= 0.6 is 0 Å². The minimum atomic E-state index is -3.65. The minimum Gasteiger partial charge on any atom is -0.489 e. The molecule has 3 aromatic rings. The summed E-state index contributed by atoms with van der Waals surface area (Å²) in [6.45, 7) is 5.84. The van der Waals surface area contributed by atoms with Gasteiger partial charge in [0.05, 0.1) is 6.54 Å². The van der Waals surface area contributed by atoms with Gasteiger partial charge in [0.15, 0.2) is 5.76 Å². The molecule has 0 aliphatic carbocycles. The summed E-state index contributed by atoms with van der Waals surface area (Å²) in [4.78, 5) is 4.45. The molecule has 0 amide bonds. The van der Waals surface area contributed by atoms with Gasteiger partial charge in [0.2, 0.25) is 21.7 Å². The van der Waals surface area contributed by atoms with Gasteiger partial charge < -0.3 is 13.8 Å². The van der Waals surface area contributed by atoms with Crippen molar-refractivity contribution in [3.8, 4) is 17.1 Å². The number of sulfonamides is 1. The highest BCUT2D eigenvalue weighted by Crippen LogP contribution is 2.28. The summed E-state index contributed by atoms with van der Waals surface area (Å²) in [6.07, 6.45) is 1.06. The first kappa shape index (κ1) is 19.6. The molecular formula is C19H22N4O5S. The number of benzene rings is 1. The summed E-state index contributed by atoms with van der Waals surface area (Å²) >= 11 is 0. The maximum Gasteiger partial charge on any atom is 0.248 e. The molecule has 1 aliphatic rings. The molecule has 1 saturated heterocycles. The lowest BCUT2D eigenvalue weighted by molar-refractivity contribution is 0.215. The van der Waals surface area contributed by atoms with Crippen LogP contribution in [0.2, 0.25) is 0 Å². The third-order valence-corrected chi connectivity index (χ3v) is 6.97. The Hall–Kier alpha value is -2.72. The van der Waals surface area contributed by atoms with Crippen LogP contribution in [0.1, 0.15) is 30.7 Å². The Kier molecular flexibility index (Phi) is 5.13. The fraction of sp³-hybridized carbons (Fsp3) is 0.421. The van der Waals surface area contributed by atoms with E-state index in [9.17, 15) is 8.42 Å². The summed E-state index contributed by atoms with van der Waals surface area (Å²) in [5.74, 6) is 2.08. The zero-order valence-corrected chi connectivity index (χ0v) is 17.3. The molecule has 10 heteroatoms. The lowest BCUT2D eigenvalue weighted by Crippen LogP contribution is -2.31. The van der Waals surface area contributed by atoms with E-state index >= 15 is 0 Å². The van der Waals surface area contributed by atoms with Crippen molar-refractivity contribution < 1.29 is 22.2 Å². The zero-order chi connectivity index (χ0) is 20.6. The molecular weight excluding hydrogens is 396 g/mol. The van der Waals surface area contributed by atoms with Crippen LogP contribution in [0.3, 0.4) is 0 Å². The molecule has 0 bridgehead atoms. The number of hydrogen-bond acceptors (Lipinski definition) is 8. The molecule has 154 valence electrons. The van der Waals surface area contributed by atoms with Crippen LogP contribution in [0.25, 0.3) is 11.4 Å². The molecule has 2 aromatic heterocycles. The van der Waals surface area contributed by atoms with Crippen LogP contribution in [0.15, 0.2) is 38.2 Å². The molecule has 1 aliphatic heterocycles. The molecule has 1 fully saturated rings. The maximum atomic E-state index is 12.9. The van der Waals surface area contributed by atoms with E-state index in [-0.39, 0.29) is 17.5 Å². The van der Waals surface area contributed by atoms with Crippen molar-refractivity contribution in [2.45, 2.75) is 44.6 Å². The Balaban J connectivity index is 1.42. The van der Waals surface area contributed by atoms with Crippen LogP contribution in [0.5, 0.6) is 5.75 Å². The highest BCUT2D eigenvalue weighted by atomic mass is 32.2. The van der Waals surface area contributed by atoms with Crippen molar-refractivity contribution in [3.05, 3.63) is 41.6 Å². The Morgan fingerprint density at radius 1 is 1.17 bits per heavy atom. The summed E-state index contributed by atoms with van der Waals surface area (Å²) in [5, 5.41) is 7.70. The van der Waals surface area contributed by atoms with Gasteiger partial charge in [0, 0.05) is 18.5 Å². The Labute approximate surface area is 168 Å². The summed E-state index contributed by atoms with van der Waals surface area (Å²) in [7, 11) is -3.65. The molecule has 1 unspecified atom stereocenters. The van der Waals surface area contributed by atoms with Gasteiger partial charge in [-0.2, -0.15) is 9.29 Å². The molecule has 1 atom stereocenters. The third kappa shape index (κ3) is 3.77. The first-order valence-electron chi connectivity index (χ1n) is 9.41. The van der Waals surface area contributed by atoms with Crippen LogP contribution in [0, 0.1) is 13.8 Å². The van der Waals surface area contributed by atoms with E-state index in [2.05, 4.69) is 15.3 Å². The second-order valence-electron chi connectivity index (χ2n) is 6.93. The number of rotatable bonds is 6. The highest BCUT2D eigenvalue weighted by molar-refractivity contribution is 7.89. The molecule has 3 heterocycles. The van der Waals surface area contributed by atoms with Crippen molar-refractivity contribution in [2.24, 2.45) is 0 Å². The van der Waals surface area contributed by atoms with Gasteiger partial charge in [-0.25, -0.2) is 8.42 Å². The number of hydrogen-bond donors (Lipinski definition) is 0. The van der Waals surface area contributed by atoms with Gasteiger partial charge in [-0.3, -0.25) is 0 Å². The Bertz CT molecular complexity index is 1080. The monoisotopic (exact) mass is 418 g/mol. The highest BCUT2D eigenvalue weighted by Gasteiger charge is 2.37. The lowest BCUT2D eigenvalue weighted by Gasteiger charge is -2.17. The molecule has 0 spiro atoms. The Morgan fingerprint density at radius 2 is 1.93 bits per heavy atom. The van der Waals surface area contributed by atoms with E-state index in [0.29, 0.717) is 48.3 Å². The molecule has 0 saturated carbocycles. The fourth-order valence-corrected chi connectivity index (χ4v) is 5.15. The summed E-state index contributed by atoms with van der Waals surface area (Å²) in [5.41, 5.74) is 1.20. The number of aromatic nitrogens is 3. The quantitative estimate of drug-likeness (QED) is 0.601. The van der Waals surface area contributed by atoms with Crippen molar-refractivity contribution in [3.63, 3.8) is 0 Å². The molecule has 9 nitrogen and oxygen atoms in total. The van der Waals surface area contributed by atoms with Crippen LogP contribution in [-0.4, -0.2) is 47.2 Å². The fourth-order valence-electron chi connectivity index (χ4n) is 3.37. The number of aryl methyl sites for hydroxylation is 3. The summed E-state index contributed by atoms with van der Waals surface area (Å²) < 4.78 is 43.4. The van der Waals surface area contributed by atoms with Gasteiger partial charge in [-0.05, 0) is 44.5 Å². The van der Waals surface area contributed by atoms with Crippen molar-refractivity contribution in [1.82, 2.24) is 19.6 Å². The van der Waals surface area contributed by atoms with Crippen molar-refractivity contribution >= 4 is 10.0 Å². The Morgan fingerprint density at radius 3 is 2.55 bits per heavy atom. The first-order chi connectivity index (χ1) is 13.9. The van der Waals surface area contributed by atoms with E-state index in [1.807, 2.05) is 31.2 Å². The maximum absolute atomic E-state index is 12.9. The minimum absolute atomic E-state index is 0.147. The average Bonchev–Trinajstić information content (AvgIpc) is 3.43. The molecule has 0 radical (unpaired) electrons. The molecule has 1 aromatic carbocycles. The van der Waals surface area contributed by atoms with E-state index in [0.717, 1.165) is 5.56 Å². The van der Waals surface area contributed by atoms with Gasteiger partial charge >= 0.3 is 0 Å². The third-order valence-electron chi connectivity index (χ3n) is 4.86. The average molecular weight is 418 g/mol. The standard InChI is InChI=1S/C19H22N4O5S/c1-4-17-20-19(22-28-17)14-5-7-15(8-6-14)26-16-9-10-23(11-16)29(24,25)18-12(2)21-27-13(18)3/h5-8,16H,4,9-11H2,1-3H3. The second-order valence-corrected chi connectivity index (χ2v) is 8.81. The van der Waals surface area contributed by atoms with E-state index in [1.165, 1.54) is 4.31 Å². The molecule has 4 rings (SSSR count). The van der Waals surface area contributed by atoms with Crippen LogP contribution in [0.4, 0.5) is 0 Å². The van der Waals surface area contributed by atoms with Gasteiger partial charge in [-0.1, -0.05) is 17.2 Å². The molecule has 0 N–H and O–H groups in total. The van der Waals surface area contributed by atoms with Crippen LogP contribution < -0.4 is 4.74 Å².